The third kappa shape index (κ3) is 7.51. The van der Waals surface area contributed by atoms with Gasteiger partial charge in [-0.05, 0) is 52.2 Å². The number of anilines is 1. The Morgan fingerprint density at radius 3 is 2.49 bits per heavy atom. The van der Waals surface area contributed by atoms with Gasteiger partial charge in [-0.3, -0.25) is 9.20 Å². The van der Waals surface area contributed by atoms with Crippen molar-refractivity contribution < 1.29 is 14.3 Å². The highest BCUT2D eigenvalue weighted by Crippen LogP contribution is 2.28. The predicted molar refractivity (Wildman–Crippen MR) is 161 cm³/mol. The molecule has 2 amide bonds. The summed E-state index contributed by atoms with van der Waals surface area (Å²) in [5, 5.41) is 9.18. The number of hydrogen-bond donors (Lipinski definition) is 3. The number of aromatic nitrogens is 3. The molecule has 2 aromatic heterocycles. The van der Waals surface area contributed by atoms with Crippen LogP contribution in [0.1, 0.15) is 50.4 Å². The average Bonchev–Trinajstić information content (AvgIpc) is 3.66. The van der Waals surface area contributed by atoms with E-state index in [1.165, 1.54) is 0 Å². The van der Waals surface area contributed by atoms with Crippen LogP contribution in [0.5, 0.6) is 0 Å². The minimum Gasteiger partial charge on any atom is -0.444 e. The highest BCUT2D eigenvalue weighted by atomic mass is 16.6. The van der Waals surface area contributed by atoms with Crippen molar-refractivity contribution in [3.8, 4) is 22.5 Å². The Balaban J connectivity index is 1.31. The van der Waals surface area contributed by atoms with Crippen LogP contribution in [0.3, 0.4) is 0 Å². The highest BCUT2D eigenvalue weighted by molar-refractivity contribution is 5.95. The Labute approximate surface area is 240 Å². The van der Waals surface area contributed by atoms with Crippen LogP contribution >= 0.6 is 0 Å². The first-order valence-corrected chi connectivity index (χ1v) is 14.0. The molecule has 0 spiro atoms. The van der Waals surface area contributed by atoms with Crippen LogP contribution in [0.25, 0.3) is 28.2 Å². The fraction of sp³-hybridized carbons (Fsp3) is 0.312. The molecule has 3 N–H and O–H groups in total. The van der Waals surface area contributed by atoms with Crippen molar-refractivity contribution in [2.24, 2.45) is 0 Å². The summed E-state index contributed by atoms with van der Waals surface area (Å²) in [7, 11) is 0. The number of amides is 2. The molecule has 0 aliphatic heterocycles. The second-order valence-corrected chi connectivity index (χ2v) is 11.1. The first kappa shape index (κ1) is 27.9. The third-order valence-electron chi connectivity index (χ3n) is 6.45. The van der Waals surface area contributed by atoms with Gasteiger partial charge in [-0.2, -0.15) is 0 Å². The molecule has 41 heavy (non-hydrogen) atoms. The van der Waals surface area contributed by atoms with Gasteiger partial charge >= 0.3 is 6.09 Å². The summed E-state index contributed by atoms with van der Waals surface area (Å²) < 4.78 is 7.29. The van der Waals surface area contributed by atoms with E-state index in [2.05, 4.69) is 16.0 Å². The van der Waals surface area contributed by atoms with E-state index in [4.69, 9.17) is 14.7 Å². The molecule has 0 bridgehead atoms. The number of ether oxygens (including phenoxy) is 1. The second kappa shape index (κ2) is 12.2. The first-order chi connectivity index (χ1) is 19.8. The number of benzene rings is 2. The van der Waals surface area contributed by atoms with Gasteiger partial charge in [0.25, 0.3) is 5.91 Å². The summed E-state index contributed by atoms with van der Waals surface area (Å²) in [5.41, 5.74) is 4.52. The Hall–Kier alpha value is -4.66. The Kier molecular flexibility index (Phi) is 8.33. The van der Waals surface area contributed by atoms with E-state index in [9.17, 15) is 9.59 Å². The molecule has 5 rings (SSSR count). The normalized spacial score (nSPS) is 13.3. The lowest BCUT2D eigenvalue weighted by molar-refractivity contribution is 0.0534. The van der Waals surface area contributed by atoms with E-state index in [1.54, 1.807) is 0 Å². The first-order valence-electron chi connectivity index (χ1n) is 14.0. The molecule has 1 fully saturated rings. The van der Waals surface area contributed by atoms with E-state index in [0.29, 0.717) is 36.2 Å². The highest BCUT2D eigenvalue weighted by Gasteiger charge is 2.24. The minimum absolute atomic E-state index is 0.0334. The fourth-order valence-corrected chi connectivity index (χ4v) is 4.29. The number of rotatable bonds is 10. The van der Waals surface area contributed by atoms with Gasteiger partial charge in [0.1, 0.15) is 5.60 Å². The molecule has 2 aromatic carbocycles. The van der Waals surface area contributed by atoms with Crippen LogP contribution in [0.2, 0.25) is 0 Å². The van der Waals surface area contributed by atoms with Crippen molar-refractivity contribution in [3.05, 3.63) is 84.7 Å². The van der Waals surface area contributed by atoms with Gasteiger partial charge in [0, 0.05) is 42.0 Å². The maximum atomic E-state index is 12.4. The molecule has 9 heteroatoms. The van der Waals surface area contributed by atoms with E-state index in [0.717, 1.165) is 41.8 Å². The van der Waals surface area contributed by atoms with Crippen LogP contribution in [0.15, 0.2) is 79.1 Å². The van der Waals surface area contributed by atoms with E-state index in [1.807, 2.05) is 104 Å². The van der Waals surface area contributed by atoms with Gasteiger partial charge in [-0.25, -0.2) is 14.8 Å². The molecule has 212 valence electrons. The quantitative estimate of drug-likeness (QED) is 0.169. The third-order valence-corrected chi connectivity index (χ3v) is 6.45. The van der Waals surface area contributed by atoms with Crippen LogP contribution in [-0.4, -0.2) is 51.1 Å². The van der Waals surface area contributed by atoms with Gasteiger partial charge in [0.2, 0.25) is 0 Å². The van der Waals surface area contributed by atoms with Gasteiger partial charge in [-0.1, -0.05) is 54.6 Å². The summed E-state index contributed by atoms with van der Waals surface area (Å²) in [4.78, 5) is 33.8. The summed E-state index contributed by atoms with van der Waals surface area (Å²) in [6.45, 7) is 6.53. The second-order valence-electron chi connectivity index (χ2n) is 11.1. The van der Waals surface area contributed by atoms with Crippen molar-refractivity contribution in [1.29, 1.82) is 0 Å². The standard InChI is InChI=1S/C32H36N6O3/c1-32(2,3)41-31(40)34-19-9-5-8-18-33-28-29-35-20-27(38(29)21-26(37-28)22-10-6-4-7-11-22)23-12-14-24(15-13-23)30(39)36-25-16-17-25/h4-7,9-15,20-21,25H,8,16-19H2,1-3H3,(H,33,37)(H,34,40)(H,36,39). The molecule has 1 aliphatic carbocycles. The summed E-state index contributed by atoms with van der Waals surface area (Å²) in [6, 6.07) is 18.0. The van der Waals surface area contributed by atoms with Crippen molar-refractivity contribution in [2.45, 2.75) is 51.7 Å². The number of carbonyl (C=O) groups is 2. The molecule has 0 unspecified atom stereocenters. The van der Waals surface area contributed by atoms with Gasteiger partial charge in [-0.15, -0.1) is 0 Å². The fourth-order valence-electron chi connectivity index (χ4n) is 4.29. The van der Waals surface area contributed by atoms with Crippen molar-refractivity contribution in [1.82, 2.24) is 25.0 Å². The SMILES string of the molecule is CC(C)(C)OC(=O)NCC=CCCNc1nc(-c2ccccc2)cn2c(-c3ccc(C(=O)NC4CC4)cc3)cnc12. The maximum Gasteiger partial charge on any atom is 0.407 e. The number of nitrogens with zero attached hydrogens (tertiary/aromatic N) is 3. The Morgan fingerprint density at radius 1 is 1.02 bits per heavy atom. The molecular weight excluding hydrogens is 516 g/mol. The molecule has 9 nitrogen and oxygen atoms in total. The van der Waals surface area contributed by atoms with Crippen molar-refractivity contribution in [2.75, 3.05) is 18.4 Å². The van der Waals surface area contributed by atoms with Crippen LogP contribution < -0.4 is 16.0 Å². The monoisotopic (exact) mass is 552 g/mol. The van der Waals surface area contributed by atoms with Crippen LogP contribution in [0.4, 0.5) is 10.6 Å². The summed E-state index contributed by atoms with van der Waals surface area (Å²) >= 11 is 0. The predicted octanol–water partition coefficient (Wildman–Crippen LogP) is 5.84. The average molecular weight is 553 g/mol. The zero-order chi connectivity index (χ0) is 28.8. The molecule has 0 atom stereocenters. The molecule has 1 saturated carbocycles. The number of alkyl carbamates (subject to hydrolysis) is 1. The molecule has 0 saturated heterocycles. The van der Waals surface area contributed by atoms with Gasteiger partial charge < -0.3 is 20.7 Å². The number of carbonyl (C=O) groups excluding carboxylic acids is 2. The van der Waals surface area contributed by atoms with E-state index < -0.39 is 11.7 Å². The van der Waals surface area contributed by atoms with E-state index in [-0.39, 0.29) is 5.91 Å². The zero-order valence-electron chi connectivity index (χ0n) is 23.7. The van der Waals surface area contributed by atoms with Crippen molar-refractivity contribution >= 4 is 23.5 Å². The molecule has 2 heterocycles. The Bertz CT molecular complexity index is 1530. The maximum absolute atomic E-state index is 12.4. The number of nitrogens with one attached hydrogen (secondary N) is 3. The number of fused-ring (bicyclic) bond motifs is 1. The zero-order valence-corrected chi connectivity index (χ0v) is 23.7. The lowest BCUT2D eigenvalue weighted by Crippen LogP contribution is -2.32. The topological polar surface area (TPSA) is 110 Å². The largest absolute Gasteiger partial charge is 0.444 e. The lowest BCUT2D eigenvalue weighted by atomic mass is 10.1. The molecule has 4 aromatic rings. The van der Waals surface area contributed by atoms with Crippen molar-refractivity contribution in [3.63, 3.8) is 0 Å². The minimum atomic E-state index is -0.521. The van der Waals surface area contributed by atoms with Gasteiger partial charge in [0.15, 0.2) is 11.5 Å². The van der Waals surface area contributed by atoms with Gasteiger partial charge in [0.05, 0.1) is 17.6 Å². The van der Waals surface area contributed by atoms with E-state index >= 15 is 0 Å². The summed E-state index contributed by atoms with van der Waals surface area (Å²) in [6.07, 6.45) is 10.1. The molecule has 0 radical (unpaired) electrons. The van der Waals surface area contributed by atoms with Crippen LogP contribution in [-0.2, 0) is 4.74 Å². The lowest BCUT2D eigenvalue weighted by Gasteiger charge is -2.19. The molecular formula is C32H36N6O3. The molecule has 1 aliphatic rings. The Morgan fingerprint density at radius 2 is 1.78 bits per heavy atom. The summed E-state index contributed by atoms with van der Waals surface area (Å²) in [5.74, 6) is 0.646. The smallest absolute Gasteiger partial charge is 0.407 e. The number of hydrogen-bond acceptors (Lipinski definition) is 6. The van der Waals surface area contributed by atoms with Crippen LogP contribution in [0, 0.1) is 0 Å². The number of imidazole rings is 1.